The minimum atomic E-state index is -0.0353. The molecule has 0 amide bonds. The maximum Gasteiger partial charge on any atom is 0.208 e. The molecule has 1 aromatic carbocycles. The van der Waals surface area contributed by atoms with E-state index in [0.29, 0.717) is 0 Å². The molecule has 0 radical (unpaired) electrons. The lowest BCUT2D eigenvalue weighted by Crippen LogP contribution is -2.29. The number of fused-ring (bicyclic) bond motifs is 1. The molecule has 0 aromatic heterocycles. The summed E-state index contributed by atoms with van der Waals surface area (Å²) in [5, 5.41) is 13.0. The SMILES string of the molecule is CN(/N=C1\CCc2ccccc21)C(=N)N.Cl. The summed E-state index contributed by atoms with van der Waals surface area (Å²) >= 11 is 0. The maximum atomic E-state index is 7.24. The Hall–Kier alpha value is -1.55. The zero-order chi connectivity index (χ0) is 10.8. The average molecular weight is 239 g/mol. The minimum absolute atomic E-state index is 0. The van der Waals surface area contributed by atoms with Crippen LogP contribution in [0, 0.1) is 5.41 Å². The van der Waals surface area contributed by atoms with Crippen molar-refractivity contribution in [2.75, 3.05) is 7.05 Å². The third kappa shape index (κ3) is 2.33. The largest absolute Gasteiger partial charge is 0.369 e. The van der Waals surface area contributed by atoms with Gasteiger partial charge < -0.3 is 5.73 Å². The number of benzene rings is 1. The molecule has 0 unspecified atom stereocenters. The van der Waals surface area contributed by atoms with Gasteiger partial charge in [-0.15, -0.1) is 12.4 Å². The second kappa shape index (κ2) is 4.99. The molecule has 0 heterocycles. The van der Waals surface area contributed by atoms with Crippen LogP contribution in [0.1, 0.15) is 17.5 Å². The Labute approximate surface area is 101 Å². The van der Waals surface area contributed by atoms with Gasteiger partial charge in [0.15, 0.2) is 0 Å². The van der Waals surface area contributed by atoms with Gasteiger partial charge in [0.1, 0.15) is 0 Å². The summed E-state index contributed by atoms with van der Waals surface area (Å²) in [6.07, 6.45) is 1.96. The second-order valence-corrected chi connectivity index (χ2v) is 3.61. The summed E-state index contributed by atoms with van der Waals surface area (Å²) in [6.45, 7) is 0. The summed E-state index contributed by atoms with van der Waals surface area (Å²) in [4.78, 5) is 0. The molecular formula is C11H15ClN4. The standard InChI is InChI=1S/C11H14N4.ClH/c1-15(11(12)13)14-10-7-6-8-4-2-3-5-9(8)10;/h2-5H,6-7H2,1H3,(H3,12,13);1H/b14-10+;. The van der Waals surface area contributed by atoms with Crippen LogP contribution in [0.3, 0.4) is 0 Å². The molecule has 4 nitrogen and oxygen atoms in total. The van der Waals surface area contributed by atoms with Crippen LogP contribution in [-0.2, 0) is 6.42 Å². The lowest BCUT2D eigenvalue weighted by atomic mass is 10.1. The summed E-state index contributed by atoms with van der Waals surface area (Å²) in [5.74, 6) is -0.0353. The van der Waals surface area contributed by atoms with Crippen molar-refractivity contribution >= 4 is 24.1 Å². The Morgan fingerprint density at radius 1 is 1.38 bits per heavy atom. The first kappa shape index (κ1) is 12.5. The lowest BCUT2D eigenvalue weighted by Gasteiger charge is -2.11. The number of hydrazone groups is 1. The molecule has 2 rings (SSSR count). The van der Waals surface area contributed by atoms with Crippen LogP contribution in [0.2, 0.25) is 0 Å². The van der Waals surface area contributed by atoms with E-state index in [1.54, 1.807) is 7.05 Å². The van der Waals surface area contributed by atoms with E-state index in [1.165, 1.54) is 16.1 Å². The predicted molar refractivity (Wildman–Crippen MR) is 68.2 cm³/mol. The third-order valence-corrected chi connectivity index (χ3v) is 2.58. The van der Waals surface area contributed by atoms with Gasteiger partial charge in [-0.05, 0) is 18.4 Å². The van der Waals surface area contributed by atoms with Crippen molar-refractivity contribution < 1.29 is 0 Å². The Bertz CT molecular complexity index is 428. The lowest BCUT2D eigenvalue weighted by molar-refractivity contribution is 0.532. The van der Waals surface area contributed by atoms with Crippen LogP contribution in [0.25, 0.3) is 0 Å². The van der Waals surface area contributed by atoms with E-state index >= 15 is 0 Å². The fourth-order valence-electron chi connectivity index (χ4n) is 1.75. The van der Waals surface area contributed by atoms with Crippen molar-refractivity contribution in [3.8, 4) is 0 Å². The molecule has 0 spiro atoms. The van der Waals surface area contributed by atoms with Crippen LogP contribution in [0.5, 0.6) is 0 Å². The van der Waals surface area contributed by atoms with E-state index in [4.69, 9.17) is 11.1 Å². The number of aryl methyl sites for hydroxylation is 1. The molecular weight excluding hydrogens is 224 g/mol. The Morgan fingerprint density at radius 3 is 2.75 bits per heavy atom. The van der Waals surface area contributed by atoms with Crippen LogP contribution in [0.15, 0.2) is 29.4 Å². The molecule has 0 bridgehead atoms. The maximum absolute atomic E-state index is 7.24. The second-order valence-electron chi connectivity index (χ2n) is 3.61. The highest BCUT2D eigenvalue weighted by molar-refractivity contribution is 6.04. The fraction of sp³-hybridized carbons (Fsp3) is 0.273. The number of nitrogens with two attached hydrogens (primary N) is 1. The van der Waals surface area contributed by atoms with E-state index in [0.717, 1.165) is 18.6 Å². The van der Waals surface area contributed by atoms with Crippen LogP contribution < -0.4 is 5.73 Å². The first-order valence-corrected chi connectivity index (χ1v) is 4.92. The number of hydrogen-bond donors (Lipinski definition) is 2. The quantitative estimate of drug-likeness (QED) is 0.443. The van der Waals surface area contributed by atoms with Gasteiger partial charge in [-0.25, -0.2) is 5.01 Å². The molecule has 0 aliphatic heterocycles. The molecule has 0 saturated heterocycles. The van der Waals surface area contributed by atoms with Gasteiger partial charge in [-0.1, -0.05) is 24.3 Å². The average Bonchev–Trinajstić information content (AvgIpc) is 2.62. The molecule has 1 aromatic rings. The number of hydrogen-bond acceptors (Lipinski definition) is 2. The molecule has 5 heteroatoms. The topological polar surface area (TPSA) is 65.5 Å². The van der Waals surface area contributed by atoms with Crippen molar-refractivity contribution in [1.29, 1.82) is 5.41 Å². The minimum Gasteiger partial charge on any atom is -0.369 e. The van der Waals surface area contributed by atoms with Gasteiger partial charge in [0.25, 0.3) is 0 Å². The molecule has 3 N–H and O–H groups in total. The molecule has 0 fully saturated rings. The van der Waals surface area contributed by atoms with E-state index in [1.807, 2.05) is 12.1 Å². The van der Waals surface area contributed by atoms with Gasteiger partial charge in [0, 0.05) is 12.6 Å². The van der Waals surface area contributed by atoms with E-state index in [9.17, 15) is 0 Å². The number of nitrogens with one attached hydrogen (secondary N) is 1. The van der Waals surface area contributed by atoms with Crippen molar-refractivity contribution in [2.24, 2.45) is 10.8 Å². The summed E-state index contributed by atoms with van der Waals surface area (Å²) in [7, 11) is 1.69. The number of rotatable bonds is 1. The molecule has 86 valence electrons. The Kier molecular flexibility index (Phi) is 3.90. The number of halogens is 1. The molecule has 16 heavy (non-hydrogen) atoms. The Morgan fingerprint density at radius 2 is 2.06 bits per heavy atom. The normalized spacial score (nSPS) is 15.4. The first-order chi connectivity index (χ1) is 7.18. The molecule has 1 aliphatic carbocycles. The highest BCUT2D eigenvalue weighted by Gasteiger charge is 2.17. The monoisotopic (exact) mass is 238 g/mol. The summed E-state index contributed by atoms with van der Waals surface area (Å²) < 4.78 is 0. The van der Waals surface area contributed by atoms with Crippen molar-refractivity contribution in [2.45, 2.75) is 12.8 Å². The van der Waals surface area contributed by atoms with Crippen molar-refractivity contribution in [1.82, 2.24) is 5.01 Å². The van der Waals surface area contributed by atoms with Gasteiger partial charge in [-0.3, -0.25) is 5.41 Å². The van der Waals surface area contributed by atoms with E-state index < -0.39 is 0 Å². The zero-order valence-corrected chi connectivity index (χ0v) is 9.92. The first-order valence-electron chi connectivity index (χ1n) is 4.92. The highest BCUT2D eigenvalue weighted by atomic mass is 35.5. The highest BCUT2D eigenvalue weighted by Crippen LogP contribution is 2.22. The van der Waals surface area contributed by atoms with Crippen molar-refractivity contribution in [3.05, 3.63) is 35.4 Å². The molecule has 0 atom stereocenters. The zero-order valence-electron chi connectivity index (χ0n) is 9.10. The molecule has 0 saturated carbocycles. The van der Waals surface area contributed by atoms with Gasteiger partial charge in [0.05, 0.1) is 5.71 Å². The van der Waals surface area contributed by atoms with Crippen molar-refractivity contribution in [3.63, 3.8) is 0 Å². The Balaban J connectivity index is 0.00000128. The fourth-order valence-corrected chi connectivity index (χ4v) is 1.75. The van der Waals surface area contributed by atoms with E-state index in [2.05, 4.69) is 17.2 Å². The summed E-state index contributed by atoms with van der Waals surface area (Å²) in [6, 6.07) is 8.23. The van der Waals surface area contributed by atoms with Crippen LogP contribution >= 0.6 is 12.4 Å². The van der Waals surface area contributed by atoms with Crippen LogP contribution in [-0.4, -0.2) is 23.7 Å². The predicted octanol–water partition coefficient (Wildman–Crippen LogP) is 1.58. The van der Waals surface area contributed by atoms with Gasteiger partial charge >= 0.3 is 0 Å². The van der Waals surface area contributed by atoms with Gasteiger partial charge in [-0.2, -0.15) is 5.10 Å². The van der Waals surface area contributed by atoms with Crippen LogP contribution in [0.4, 0.5) is 0 Å². The third-order valence-electron chi connectivity index (χ3n) is 2.58. The summed E-state index contributed by atoms with van der Waals surface area (Å²) in [5.41, 5.74) is 8.87. The van der Waals surface area contributed by atoms with Gasteiger partial charge in [0.2, 0.25) is 5.96 Å². The molecule has 1 aliphatic rings. The van der Waals surface area contributed by atoms with E-state index in [-0.39, 0.29) is 18.4 Å². The smallest absolute Gasteiger partial charge is 0.208 e. The number of guanidine groups is 1. The number of nitrogens with zero attached hydrogens (tertiary/aromatic N) is 2.